The molecule has 0 amide bonds. The van der Waals surface area contributed by atoms with E-state index in [0.717, 1.165) is 32.2 Å². The highest BCUT2D eigenvalue weighted by Crippen LogP contribution is 2.36. The van der Waals surface area contributed by atoms with Crippen LogP contribution in [0.25, 0.3) is 0 Å². The molecule has 1 fully saturated rings. The Balaban J connectivity index is 1.92. The Labute approximate surface area is 165 Å². The Bertz CT molecular complexity index is 689. The van der Waals surface area contributed by atoms with E-state index < -0.39 is 10.2 Å². The summed E-state index contributed by atoms with van der Waals surface area (Å²) in [5.74, 6) is 0.926. The molecule has 0 unspecified atom stereocenters. The maximum absolute atomic E-state index is 12.6. The Kier molecular flexibility index (Phi) is 7.85. The fraction of sp³-hybridized carbons (Fsp3) is 0.842. The Morgan fingerprint density at radius 2 is 1.70 bits per heavy atom. The number of hydrogen-bond donors (Lipinski definition) is 0. The van der Waals surface area contributed by atoms with Gasteiger partial charge in [0.2, 0.25) is 0 Å². The summed E-state index contributed by atoms with van der Waals surface area (Å²) < 4.78 is 30.3. The first-order valence-corrected chi connectivity index (χ1v) is 11.5. The first-order valence-electron chi connectivity index (χ1n) is 10.1. The molecule has 0 spiro atoms. The predicted octanol–water partition coefficient (Wildman–Crippen LogP) is 2.27. The van der Waals surface area contributed by atoms with E-state index in [4.69, 9.17) is 5.10 Å². The van der Waals surface area contributed by atoms with Crippen LogP contribution in [0, 0.1) is 5.92 Å². The minimum Gasteiger partial charge on any atom is -0.304 e. The second-order valence-electron chi connectivity index (χ2n) is 8.01. The molecule has 0 saturated heterocycles. The van der Waals surface area contributed by atoms with Gasteiger partial charge in [0, 0.05) is 46.2 Å². The quantitative estimate of drug-likeness (QED) is 0.639. The van der Waals surface area contributed by atoms with Crippen molar-refractivity contribution in [3.63, 3.8) is 0 Å². The molecule has 8 heteroatoms. The Morgan fingerprint density at radius 3 is 2.22 bits per heavy atom. The van der Waals surface area contributed by atoms with Gasteiger partial charge in [-0.15, -0.1) is 0 Å². The zero-order valence-electron chi connectivity index (χ0n) is 17.8. The summed E-state index contributed by atoms with van der Waals surface area (Å²) in [5, 5.41) is 4.73. The number of aromatic nitrogens is 2. The minimum atomic E-state index is -3.33. The molecule has 27 heavy (non-hydrogen) atoms. The van der Waals surface area contributed by atoms with Crippen molar-refractivity contribution < 1.29 is 8.42 Å². The molecule has 2 rings (SSSR count). The summed E-state index contributed by atoms with van der Waals surface area (Å²) in [4.78, 5) is 2.16. The molecule has 0 aromatic carbocycles. The summed E-state index contributed by atoms with van der Waals surface area (Å²) in [5.41, 5.74) is 2.43. The highest BCUT2D eigenvalue weighted by Gasteiger charge is 2.30. The molecule has 0 N–H and O–H groups in total. The van der Waals surface area contributed by atoms with Crippen LogP contribution in [0.3, 0.4) is 0 Å². The zero-order chi connectivity index (χ0) is 20.2. The summed E-state index contributed by atoms with van der Waals surface area (Å²) in [6, 6.07) is 2.24. The Hall–Kier alpha value is -0.960. The predicted molar refractivity (Wildman–Crippen MR) is 110 cm³/mol. The number of hydrogen-bond acceptors (Lipinski definition) is 4. The first-order chi connectivity index (χ1) is 12.7. The largest absolute Gasteiger partial charge is 0.304 e. The topological polar surface area (TPSA) is 61.7 Å². The molecule has 1 aromatic heterocycles. The monoisotopic (exact) mass is 399 g/mol. The van der Waals surface area contributed by atoms with Gasteiger partial charge in [-0.2, -0.15) is 22.1 Å². The van der Waals surface area contributed by atoms with Gasteiger partial charge in [-0.05, 0) is 51.8 Å². The average Bonchev–Trinajstić information content (AvgIpc) is 2.96. The van der Waals surface area contributed by atoms with Crippen LogP contribution in [0.4, 0.5) is 0 Å². The fourth-order valence-corrected chi connectivity index (χ4v) is 5.49. The van der Waals surface area contributed by atoms with E-state index in [1.54, 1.807) is 11.4 Å². The van der Waals surface area contributed by atoms with Crippen LogP contribution in [0.2, 0.25) is 0 Å². The van der Waals surface area contributed by atoms with Crippen molar-refractivity contribution in [1.29, 1.82) is 0 Å². The third kappa shape index (κ3) is 5.53. The van der Waals surface area contributed by atoms with Crippen molar-refractivity contribution in [1.82, 2.24) is 23.3 Å². The van der Waals surface area contributed by atoms with E-state index in [0.29, 0.717) is 31.5 Å². The molecule has 1 aliphatic carbocycles. The summed E-state index contributed by atoms with van der Waals surface area (Å²) in [7, 11) is 4.54. The molecule has 1 saturated carbocycles. The van der Waals surface area contributed by atoms with Gasteiger partial charge in [0.05, 0.1) is 11.4 Å². The number of nitrogens with zero attached hydrogens (tertiary/aromatic N) is 5. The van der Waals surface area contributed by atoms with Crippen molar-refractivity contribution in [2.24, 2.45) is 13.0 Å². The van der Waals surface area contributed by atoms with E-state index in [9.17, 15) is 8.42 Å². The fourth-order valence-electron chi connectivity index (χ4n) is 4.05. The average molecular weight is 400 g/mol. The van der Waals surface area contributed by atoms with Gasteiger partial charge in [-0.3, -0.25) is 4.68 Å². The normalized spacial score (nSPS) is 21.5. The summed E-state index contributed by atoms with van der Waals surface area (Å²) in [6.07, 6.45) is 4.29. The highest BCUT2D eigenvalue weighted by molar-refractivity contribution is 7.86. The lowest BCUT2D eigenvalue weighted by molar-refractivity contribution is 0.268. The van der Waals surface area contributed by atoms with E-state index >= 15 is 0 Å². The summed E-state index contributed by atoms with van der Waals surface area (Å²) >= 11 is 0. The van der Waals surface area contributed by atoms with Gasteiger partial charge in [-0.1, -0.05) is 13.8 Å². The molecular formula is C19H37N5O2S. The highest BCUT2D eigenvalue weighted by atomic mass is 32.2. The minimum absolute atomic E-state index is 0.432. The standard InChI is InChI=1S/C19H37N5O2S/c1-7-24(8-2)27(25,26)22(5)14-16-9-11-17(12-10-16)19-13-18(15-21(3)4)23(6)20-19/h13,16-17H,7-12,14-15H2,1-6H3. The lowest BCUT2D eigenvalue weighted by Gasteiger charge is -2.32. The molecule has 7 nitrogen and oxygen atoms in total. The van der Waals surface area contributed by atoms with Gasteiger partial charge in [0.15, 0.2) is 0 Å². The van der Waals surface area contributed by atoms with Crippen LogP contribution in [-0.2, 0) is 23.8 Å². The maximum Gasteiger partial charge on any atom is 0.281 e. The van der Waals surface area contributed by atoms with E-state index in [2.05, 4.69) is 25.1 Å². The Morgan fingerprint density at radius 1 is 1.11 bits per heavy atom. The third-order valence-electron chi connectivity index (χ3n) is 5.68. The van der Waals surface area contributed by atoms with Crippen molar-refractivity contribution in [3.8, 4) is 0 Å². The van der Waals surface area contributed by atoms with Gasteiger partial charge in [0.1, 0.15) is 0 Å². The van der Waals surface area contributed by atoms with Crippen LogP contribution in [0.1, 0.15) is 56.8 Å². The van der Waals surface area contributed by atoms with Crippen molar-refractivity contribution in [2.45, 2.75) is 52.0 Å². The zero-order valence-corrected chi connectivity index (χ0v) is 18.7. The lowest BCUT2D eigenvalue weighted by atomic mass is 9.80. The molecule has 156 valence electrons. The molecule has 1 aliphatic rings. The van der Waals surface area contributed by atoms with Crippen LogP contribution >= 0.6 is 0 Å². The van der Waals surface area contributed by atoms with Crippen LogP contribution in [0.15, 0.2) is 6.07 Å². The second-order valence-corrected chi connectivity index (χ2v) is 10.0. The summed E-state index contributed by atoms with van der Waals surface area (Å²) in [6.45, 7) is 6.32. The molecular weight excluding hydrogens is 362 g/mol. The first kappa shape index (κ1) is 22.3. The van der Waals surface area contributed by atoms with Crippen molar-refractivity contribution in [2.75, 3.05) is 40.8 Å². The van der Waals surface area contributed by atoms with Crippen LogP contribution < -0.4 is 0 Å². The smallest absolute Gasteiger partial charge is 0.281 e. The van der Waals surface area contributed by atoms with E-state index in [1.165, 1.54) is 15.7 Å². The molecule has 1 aromatic rings. The maximum atomic E-state index is 12.6. The molecule has 0 radical (unpaired) electrons. The van der Waals surface area contributed by atoms with Crippen LogP contribution in [0.5, 0.6) is 0 Å². The van der Waals surface area contributed by atoms with Crippen molar-refractivity contribution >= 4 is 10.2 Å². The molecule has 1 heterocycles. The lowest BCUT2D eigenvalue weighted by Crippen LogP contribution is -2.43. The van der Waals surface area contributed by atoms with E-state index in [-0.39, 0.29) is 0 Å². The number of rotatable bonds is 9. The van der Waals surface area contributed by atoms with Crippen LogP contribution in [-0.4, -0.2) is 72.5 Å². The van der Waals surface area contributed by atoms with Gasteiger partial charge < -0.3 is 4.90 Å². The SMILES string of the molecule is CCN(CC)S(=O)(=O)N(C)CC1CCC(c2cc(CN(C)C)n(C)n2)CC1. The van der Waals surface area contributed by atoms with E-state index in [1.807, 2.05) is 25.6 Å². The van der Waals surface area contributed by atoms with Gasteiger partial charge in [0.25, 0.3) is 10.2 Å². The van der Waals surface area contributed by atoms with Gasteiger partial charge >= 0.3 is 0 Å². The number of aryl methyl sites for hydroxylation is 1. The third-order valence-corrected chi connectivity index (χ3v) is 7.79. The van der Waals surface area contributed by atoms with Gasteiger partial charge in [-0.25, -0.2) is 0 Å². The molecule has 0 bridgehead atoms. The molecule has 0 aliphatic heterocycles. The second kappa shape index (κ2) is 9.49. The van der Waals surface area contributed by atoms with Crippen molar-refractivity contribution in [3.05, 3.63) is 17.5 Å². The molecule has 0 atom stereocenters.